The molecule has 39 heavy (non-hydrogen) atoms. The van der Waals surface area contributed by atoms with Gasteiger partial charge in [-0.3, -0.25) is 4.79 Å². The molecule has 0 N–H and O–H groups in total. The second kappa shape index (κ2) is 12.0. The van der Waals surface area contributed by atoms with Crippen molar-refractivity contribution < 1.29 is 9.47 Å². The van der Waals surface area contributed by atoms with E-state index in [0.29, 0.717) is 54.9 Å². The van der Waals surface area contributed by atoms with Gasteiger partial charge >= 0.3 is 0 Å². The number of halogens is 3. The summed E-state index contributed by atoms with van der Waals surface area (Å²) in [5.74, 6) is 1.52. The lowest BCUT2D eigenvalue weighted by Crippen LogP contribution is -2.20. The molecular weight excluding hydrogens is 601 g/mol. The average molecular weight is 623 g/mol. The number of aromatic nitrogens is 2. The van der Waals surface area contributed by atoms with Gasteiger partial charge in [-0.1, -0.05) is 71.7 Å². The number of para-hydroxylation sites is 1. The summed E-state index contributed by atoms with van der Waals surface area (Å²) in [6, 6.07) is 25.7. The zero-order chi connectivity index (χ0) is 27.4. The first-order chi connectivity index (χ1) is 18.9. The first-order valence-corrected chi connectivity index (χ1v) is 13.6. The van der Waals surface area contributed by atoms with Crippen LogP contribution >= 0.6 is 39.1 Å². The predicted molar refractivity (Wildman–Crippen MR) is 161 cm³/mol. The summed E-state index contributed by atoms with van der Waals surface area (Å²) < 4.78 is 13.9. The maximum atomic E-state index is 13.5. The summed E-state index contributed by atoms with van der Waals surface area (Å²) in [5.41, 5.74) is 2.68. The third-order valence-electron chi connectivity index (χ3n) is 5.84. The van der Waals surface area contributed by atoms with Crippen LogP contribution in [-0.4, -0.2) is 22.5 Å². The average Bonchev–Trinajstić information content (AvgIpc) is 2.95. The lowest BCUT2D eigenvalue weighted by atomic mass is 10.2. The van der Waals surface area contributed by atoms with Crippen LogP contribution in [0.5, 0.6) is 11.5 Å². The molecule has 196 valence electrons. The van der Waals surface area contributed by atoms with Gasteiger partial charge in [-0.2, -0.15) is 9.78 Å². The highest BCUT2D eigenvalue weighted by Gasteiger charge is 2.14. The first kappa shape index (κ1) is 26.9. The topological polar surface area (TPSA) is 65.7 Å². The zero-order valence-electron chi connectivity index (χ0n) is 20.8. The van der Waals surface area contributed by atoms with Crippen LogP contribution in [0.15, 0.2) is 99.3 Å². The van der Waals surface area contributed by atoms with Crippen LogP contribution in [0, 0.1) is 0 Å². The molecule has 0 aliphatic carbocycles. The van der Waals surface area contributed by atoms with Crippen molar-refractivity contribution in [3.8, 4) is 22.9 Å². The standard InChI is InChI=1S/C30H22BrCl2N3O3/c1-2-38-27-15-21(23(31)16-28(27)39-18-19-12-13-24(32)25(33)14-19)17-34-36-29(20-8-4-3-5-9-20)35-26-11-7-6-10-22(26)30(36)37/h3-17H,2,18H2,1H3. The Bertz CT molecular complexity index is 1740. The normalized spacial score (nSPS) is 11.3. The molecule has 0 aliphatic rings. The molecule has 4 aromatic carbocycles. The molecule has 5 rings (SSSR count). The minimum absolute atomic E-state index is 0.265. The maximum absolute atomic E-state index is 13.5. The maximum Gasteiger partial charge on any atom is 0.282 e. The second-order valence-electron chi connectivity index (χ2n) is 8.47. The van der Waals surface area contributed by atoms with E-state index in [1.165, 1.54) is 4.68 Å². The third-order valence-corrected chi connectivity index (χ3v) is 7.27. The summed E-state index contributed by atoms with van der Waals surface area (Å²) in [4.78, 5) is 18.2. The summed E-state index contributed by atoms with van der Waals surface area (Å²) in [6.07, 6.45) is 1.60. The van der Waals surface area contributed by atoms with Crippen molar-refractivity contribution in [1.82, 2.24) is 9.66 Å². The number of rotatable bonds is 8. The molecule has 0 atom stereocenters. The van der Waals surface area contributed by atoms with Crippen molar-refractivity contribution in [2.45, 2.75) is 13.5 Å². The van der Waals surface area contributed by atoms with E-state index >= 15 is 0 Å². The lowest BCUT2D eigenvalue weighted by Gasteiger charge is -2.14. The van der Waals surface area contributed by atoms with Crippen molar-refractivity contribution in [2.24, 2.45) is 5.10 Å². The van der Waals surface area contributed by atoms with Crippen molar-refractivity contribution in [1.29, 1.82) is 0 Å². The van der Waals surface area contributed by atoms with Crippen LogP contribution in [0.4, 0.5) is 0 Å². The van der Waals surface area contributed by atoms with Gasteiger partial charge in [0, 0.05) is 15.6 Å². The molecule has 0 saturated carbocycles. The fourth-order valence-corrected chi connectivity index (χ4v) is 4.69. The van der Waals surface area contributed by atoms with Crippen LogP contribution in [0.3, 0.4) is 0 Å². The van der Waals surface area contributed by atoms with Gasteiger partial charge in [0.25, 0.3) is 5.56 Å². The van der Waals surface area contributed by atoms with Gasteiger partial charge in [-0.15, -0.1) is 0 Å². The van der Waals surface area contributed by atoms with E-state index < -0.39 is 0 Å². The number of benzene rings is 4. The van der Waals surface area contributed by atoms with Gasteiger partial charge < -0.3 is 9.47 Å². The highest BCUT2D eigenvalue weighted by molar-refractivity contribution is 9.10. The van der Waals surface area contributed by atoms with Crippen LogP contribution in [0.2, 0.25) is 10.0 Å². The van der Waals surface area contributed by atoms with Crippen molar-refractivity contribution in [3.05, 3.63) is 121 Å². The summed E-state index contributed by atoms with van der Waals surface area (Å²) >= 11 is 15.8. The Morgan fingerprint density at radius 1 is 0.923 bits per heavy atom. The Morgan fingerprint density at radius 2 is 1.67 bits per heavy atom. The largest absolute Gasteiger partial charge is 0.490 e. The fraction of sp³-hybridized carbons (Fsp3) is 0.100. The highest BCUT2D eigenvalue weighted by atomic mass is 79.9. The number of fused-ring (bicyclic) bond motifs is 1. The van der Waals surface area contributed by atoms with E-state index in [4.69, 9.17) is 37.7 Å². The number of hydrogen-bond acceptors (Lipinski definition) is 5. The smallest absolute Gasteiger partial charge is 0.282 e. The molecule has 0 unspecified atom stereocenters. The zero-order valence-corrected chi connectivity index (χ0v) is 23.9. The molecule has 5 aromatic rings. The van der Waals surface area contributed by atoms with Gasteiger partial charge in [0.15, 0.2) is 17.3 Å². The Kier molecular flexibility index (Phi) is 8.31. The summed E-state index contributed by atoms with van der Waals surface area (Å²) in [5, 5.41) is 6.00. The third kappa shape index (κ3) is 6.01. The molecule has 0 bridgehead atoms. The molecule has 1 aromatic heterocycles. The van der Waals surface area contributed by atoms with Crippen LogP contribution in [-0.2, 0) is 6.61 Å². The van der Waals surface area contributed by atoms with Gasteiger partial charge in [0.05, 0.1) is 33.8 Å². The van der Waals surface area contributed by atoms with E-state index in [2.05, 4.69) is 21.0 Å². The molecule has 9 heteroatoms. The molecule has 0 aliphatic heterocycles. The molecular formula is C30H22BrCl2N3O3. The number of ether oxygens (including phenoxy) is 2. The monoisotopic (exact) mass is 621 g/mol. The van der Waals surface area contributed by atoms with E-state index in [1.54, 1.807) is 24.4 Å². The Hall–Kier alpha value is -3.65. The Labute approximate surface area is 243 Å². The highest BCUT2D eigenvalue weighted by Crippen LogP contribution is 2.34. The molecule has 0 amide bonds. The van der Waals surface area contributed by atoms with Gasteiger partial charge in [0.1, 0.15) is 6.61 Å². The van der Waals surface area contributed by atoms with E-state index in [1.807, 2.05) is 73.7 Å². The van der Waals surface area contributed by atoms with Crippen LogP contribution < -0.4 is 15.0 Å². The first-order valence-electron chi connectivity index (χ1n) is 12.1. The summed E-state index contributed by atoms with van der Waals surface area (Å²) in [7, 11) is 0. The number of hydrogen-bond donors (Lipinski definition) is 0. The lowest BCUT2D eigenvalue weighted by molar-refractivity contribution is 0.269. The minimum atomic E-state index is -0.265. The van der Waals surface area contributed by atoms with Gasteiger partial charge in [-0.25, -0.2) is 4.98 Å². The van der Waals surface area contributed by atoms with Gasteiger partial charge in [0.2, 0.25) is 0 Å². The molecule has 6 nitrogen and oxygen atoms in total. The minimum Gasteiger partial charge on any atom is -0.490 e. The predicted octanol–water partition coefficient (Wildman–Crippen LogP) is 7.99. The fourth-order valence-electron chi connectivity index (χ4n) is 3.95. The number of nitrogens with zero attached hydrogens (tertiary/aromatic N) is 3. The quantitative estimate of drug-likeness (QED) is 0.165. The van der Waals surface area contributed by atoms with Crippen molar-refractivity contribution in [3.63, 3.8) is 0 Å². The second-order valence-corrected chi connectivity index (χ2v) is 10.1. The van der Waals surface area contributed by atoms with E-state index in [9.17, 15) is 4.79 Å². The van der Waals surface area contributed by atoms with E-state index in [-0.39, 0.29) is 12.2 Å². The Morgan fingerprint density at radius 3 is 2.44 bits per heavy atom. The van der Waals surface area contributed by atoms with Crippen LogP contribution in [0.1, 0.15) is 18.1 Å². The van der Waals surface area contributed by atoms with Crippen LogP contribution in [0.25, 0.3) is 22.3 Å². The molecule has 0 radical (unpaired) electrons. The molecule has 0 saturated heterocycles. The van der Waals surface area contributed by atoms with Crippen molar-refractivity contribution >= 4 is 56.2 Å². The SMILES string of the molecule is CCOc1cc(C=Nn2c(-c3ccccc3)nc3ccccc3c2=O)c(Br)cc1OCc1ccc(Cl)c(Cl)c1. The van der Waals surface area contributed by atoms with Crippen molar-refractivity contribution in [2.75, 3.05) is 6.61 Å². The summed E-state index contributed by atoms with van der Waals surface area (Å²) in [6.45, 7) is 2.61. The van der Waals surface area contributed by atoms with E-state index in [0.717, 1.165) is 11.1 Å². The molecule has 0 spiro atoms. The Balaban J connectivity index is 1.52. The molecule has 0 fully saturated rings. The molecule has 1 heterocycles. The van der Waals surface area contributed by atoms with Gasteiger partial charge in [-0.05, 0) is 64.8 Å².